The van der Waals surface area contributed by atoms with E-state index in [0.717, 1.165) is 12.8 Å². The van der Waals surface area contributed by atoms with Gasteiger partial charge in [-0.3, -0.25) is 4.79 Å². The van der Waals surface area contributed by atoms with Crippen molar-refractivity contribution in [2.75, 3.05) is 26.3 Å². The maximum absolute atomic E-state index is 13.1. The molecule has 1 amide bonds. The average molecular weight is 375 g/mol. The van der Waals surface area contributed by atoms with Crippen LogP contribution in [0.25, 0.3) is 11.3 Å². The molecule has 1 fully saturated rings. The van der Waals surface area contributed by atoms with Crippen molar-refractivity contribution in [1.29, 1.82) is 0 Å². The summed E-state index contributed by atoms with van der Waals surface area (Å²) in [4.78, 5) is 15.0. The topological polar surface area (TPSA) is 55.6 Å². The van der Waals surface area contributed by atoms with E-state index in [1.54, 1.807) is 19.1 Å². The number of piperidine rings is 1. The summed E-state index contributed by atoms with van der Waals surface area (Å²) in [5.41, 5.74) is 1.72. The minimum atomic E-state index is -0.0517. The van der Waals surface area contributed by atoms with Gasteiger partial charge in [0.05, 0.1) is 11.6 Å². The number of carbonyl (C=O) groups excluding carboxylic acids is 1. The molecule has 138 valence electrons. The SMILES string of the molecule is C=CCOCC1CCN(C(=O)c2c(-c3ccccc3Cl)noc2C)CC1. The van der Waals surface area contributed by atoms with Gasteiger partial charge in [-0.2, -0.15) is 0 Å². The summed E-state index contributed by atoms with van der Waals surface area (Å²) in [6, 6.07) is 7.34. The van der Waals surface area contributed by atoms with E-state index in [-0.39, 0.29) is 5.91 Å². The van der Waals surface area contributed by atoms with Crippen LogP contribution in [0.4, 0.5) is 0 Å². The Morgan fingerprint density at radius 3 is 2.85 bits per heavy atom. The number of ether oxygens (including phenoxy) is 1. The highest BCUT2D eigenvalue weighted by Gasteiger charge is 2.29. The molecule has 1 aliphatic rings. The minimum absolute atomic E-state index is 0.0517. The van der Waals surface area contributed by atoms with Crippen molar-refractivity contribution in [3.63, 3.8) is 0 Å². The zero-order valence-electron chi connectivity index (χ0n) is 14.9. The maximum atomic E-state index is 13.1. The van der Waals surface area contributed by atoms with Crippen LogP contribution in [0.2, 0.25) is 5.02 Å². The van der Waals surface area contributed by atoms with Gasteiger partial charge in [0, 0.05) is 25.3 Å². The quantitative estimate of drug-likeness (QED) is 0.557. The number of carbonyl (C=O) groups is 1. The molecule has 1 aliphatic heterocycles. The number of amides is 1. The van der Waals surface area contributed by atoms with E-state index < -0.39 is 0 Å². The summed E-state index contributed by atoms with van der Waals surface area (Å²) in [7, 11) is 0. The van der Waals surface area contributed by atoms with Crippen LogP contribution in [-0.2, 0) is 4.74 Å². The van der Waals surface area contributed by atoms with Crippen LogP contribution in [0.3, 0.4) is 0 Å². The molecule has 0 unspecified atom stereocenters. The second-order valence-electron chi connectivity index (χ2n) is 6.50. The minimum Gasteiger partial charge on any atom is -0.377 e. The third-order valence-electron chi connectivity index (χ3n) is 4.70. The highest BCUT2D eigenvalue weighted by molar-refractivity contribution is 6.33. The molecule has 5 nitrogen and oxygen atoms in total. The van der Waals surface area contributed by atoms with E-state index in [9.17, 15) is 4.79 Å². The monoisotopic (exact) mass is 374 g/mol. The highest BCUT2D eigenvalue weighted by atomic mass is 35.5. The number of hydrogen-bond donors (Lipinski definition) is 0. The fourth-order valence-corrected chi connectivity index (χ4v) is 3.47. The van der Waals surface area contributed by atoms with Crippen LogP contribution in [-0.4, -0.2) is 42.3 Å². The van der Waals surface area contributed by atoms with E-state index in [0.29, 0.717) is 59.8 Å². The van der Waals surface area contributed by atoms with Gasteiger partial charge >= 0.3 is 0 Å². The molecular formula is C20H23ClN2O3. The van der Waals surface area contributed by atoms with Crippen molar-refractivity contribution in [3.05, 3.63) is 53.3 Å². The van der Waals surface area contributed by atoms with Crippen molar-refractivity contribution in [3.8, 4) is 11.3 Å². The number of halogens is 1. The molecule has 1 aromatic heterocycles. The van der Waals surface area contributed by atoms with Crippen molar-refractivity contribution < 1.29 is 14.1 Å². The number of nitrogens with zero attached hydrogens (tertiary/aromatic N) is 2. The number of rotatable bonds is 6. The molecule has 2 aromatic rings. The Bertz CT molecular complexity index is 779. The Balaban J connectivity index is 1.73. The standard InChI is InChI=1S/C20H23ClN2O3/c1-3-12-25-13-15-8-10-23(11-9-15)20(24)18-14(2)26-22-19(18)16-6-4-5-7-17(16)21/h3-7,15H,1,8-13H2,2H3. The first kappa shape index (κ1) is 18.7. The van der Waals surface area contributed by atoms with Crippen molar-refractivity contribution in [2.45, 2.75) is 19.8 Å². The van der Waals surface area contributed by atoms with Crippen LogP contribution in [0.15, 0.2) is 41.4 Å². The van der Waals surface area contributed by atoms with Crippen molar-refractivity contribution in [1.82, 2.24) is 10.1 Å². The Morgan fingerprint density at radius 2 is 2.15 bits per heavy atom. The van der Waals surface area contributed by atoms with Crippen LogP contribution >= 0.6 is 11.6 Å². The molecule has 1 aromatic carbocycles. The molecule has 1 saturated heterocycles. The second-order valence-corrected chi connectivity index (χ2v) is 6.91. The molecule has 0 N–H and O–H groups in total. The smallest absolute Gasteiger partial charge is 0.259 e. The number of benzene rings is 1. The summed E-state index contributed by atoms with van der Waals surface area (Å²) in [6.45, 7) is 8.10. The van der Waals surface area contributed by atoms with Gasteiger partial charge in [-0.15, -0.1) is 6.58 Å². The first-order chi connectivity index (χ1) is 12.6. The Hall–Kier alpha value is -2.11. The molecule has 26 heavy (non-hydrogen) atoms. The predicted molar refractivity (Wildman–Crippen MR) is 101 cm³/mol. The van der Waals surface area contributed by atoms with Crippen molar-refractivity contribution in [2.24, 2.45) is 5.92 Å². The molecule has 6 heteroatoms. The molecule has 0 spiro atoms. The Kier molecular flexibility index (Phi) is 6.12. The van der Waals surface area contributed by atoms with Gasteiger partial charge in [-0.05, 0) is 31.7 Å². The van der Waals surface area contributed by atoms with Gasteiger partial charge in [0.2, 0.25) is 0 Å². The predicted octanol–water partition coefficient (Wildman–Crippen LogP) is 4.36. The Labute approximate surface area is 158 Å². The molecular weight excluding hydrogens is 352 g/mol. The first-order valence-electron chi connectivity index (χ1n) is 8.81. The van der Waals surface area contributed by atoms with Gasteiger partial charge in [-0.25, -0.2) is 0 Å². The third kappa shape index (κ3) is 4.00. The molecule has 2 heterocycles. The summed E-state index contributed by atoms with van der Waals surface area (Å²) in [5.74, 6) is 0.941. The van der Waals surface area contributed by atoms with E-state index in [1.165, 1.54) is 0 Å². The lowest BCUT2D eigenvalue weighted by molar-refractivity contribution is 0.0575. The largest absolute Gasteiger partial charge is 0.377 e. The van der Waals surface area contributed by atoms with Gasteiger partial charge in [0.15, 0.2) is 0 Å². The summed E-state index contributed by atoms with van der Waals surface area (Å²) in [6.07, 6.45) is 3.60. The van der Waals surface area contributed by atoms with E-state index in [1.807, 2.05) is 23.1 Å². The van der Waals surface area contributed by atoms with Crippen molar-refractivity contribution >= 4 is 17.5 Å². The van der Waals surface area contributed by atoms with E-state index >= 15 is 0 Å². The molecule has 0 saturated carbocycles. The van der Waals surface area contributed by atoms with Gasteiger partial charge in [0.1, 0.15) is 17.0 Å². The Morgan fingerprint density at radius 1 is 1.42 bits per heavy atom. The fraction of sp³-hybridized carbons (Fsp3) is 0.400. The molecule has 0 radical (unpaired) electrons. The molecule has 0 aliphatic carbocycles. The lowest BCUT2D eigenvalue weighted by Gasteiger charge is -2.31. The number of aromatic nitrogens is 1. The van der Waals surface area contributed by atoms with Crippen LogP contribution in [0, 0.1) is 12.8 Å². The number of likely N-dealkylation sites (tertiary alicyclic amines) is 1. The second kappa shape index (κ2) is 8.52. The van der Waals surface area contributed by atoms with Gasteiger partial charge in [-0.1, -0.05) is 41.0 Å². The maximum Gasteiger partial charge on any atom is 0.259 e. The van der Waals surface area contributed by atoms with Crippen LogP contribution < -0.4 is 0 Å². The first-order valence-corrected chi connectivity index (χ1v) is 9.18. The third-order valence-corrected chi connectivity index (χ3v) is 5.03. The van der Waals surface area contributed by atoms with Gasteiger partial charge < -0.3 is 14.2 Å². The van der Waals surface area contributed by atoms with Gasteiger partial charge in [0.25, 0.3) is 5.91 Å². The lowest BCUT2D eigenvalue weighted by Crippen LogP contribution is -2.39. The van der Waals surface area contributed by atoms with E-state index in [2.05, 4.69) is 11.7 Å². The summed E-state index contributed by atoms with van der Waals surface area (Å²) < 4.78 is 10.9. The average Bonchev–Trinajstić information content (AvgIpc) is 3.03. The van der Waals surface area contributed by atoms with Crippen LogP contribution in [0.1, 0.15) is 29.0 Å². The zero-order valence-corrected chi connectivity index (χ0v) is 15.7. The highest BCUT2D eigenvalue weighted by Crippen LogP contribution is 2.32. The fourth-order valence-electron chi connectivity index (χ4n) is 3.24. The number of aryl methyl sites for hydroxylation is 1. The molecule has 0 bridgehead atoms. The zero-order chi connectivity index (χ0) is 18.5. The lowest BCUT2D eigenvalue weighted by atomic mass is 9.96. The normalized spacial score (nSPS) is 15.2. The molecule has 3 rings (SSSR count). The van der Waals surface area contributed by atoms with Crippen LogP contribution in [0.5, 0.6) is 0 Å². The summed E-state index contributed by atoms with van der Waals surface area (Å²) >= 11 is 6.28. The molecule has 0 atom stereocenters. The van der Waals surface area contributed by atoms with E-state index in [4.69, 9.17) is 20.9 Å². The summed E-state index contributed by atoms with van der Waals surface area (Å²) in [5, 5.41) is 4.64. The number of hydrogen-bond acceptors (Lipinski definition) is 4.